The van der Waals surface area contributed by atoms with E-state index in [0.29, 0.717) is 17.3 Å². The monoisotopic (exact) mass is 263 g/mol. The van der Waals surface area contributed by atoms with Gasteiger partial charge >= 0.3 is 0 Å². The third-order valence-electron chi connectivity index (χ3n) is 5.11. The number of hydrogen-bond acceptors (Lipinski definition) is 1. The summed E-state index contributed by atoms with van der Waals surface area (Å²) in [6.45, 7) is 8.94. The summed E-state index contributed by atoms with van der Waals surface area (Å²) in [5.74, 6) is 1.48. The van der Waals surface area contributed by atoms with Crippen LogP contribution >= 0.6 is 0 Å². The summed E-state index contributed by atoms with van der Waals surface area (Å²) in [5, 5.41) is 0. The summed E-state index contributed by atoms with van der Waals surface area (Å²) in [7, 11) is 0. The molecule has 0 aromatic rings. The Bertz CT molecular complexity index is 339. The van der Waals surface area contributed by atoms with E-state index in [-0.39, 0.29) is 5.91 Å². The quantitative estimate of drug-likeness (QED) is 0.689. The van der Waals surface area contributed by atoms with Crippen molar-refractivity contribution in [2.24, 2.45) is 17.3 Å². The van der Waals surface area contributed by atoms with Crippen LogP contribution in [0.3, 0.4) is 0 Å². The molecule has 0 spiro atoms. The minimum atomic E-state index is 0.230. The van der Waals surface area contributed by atoms with Crippen molar-refractivity contribution in [1.82, 2.24) is 4.90 Å². The highest BCUT2D eigenvalue weighted by Gasteiger charge is 2.35. The molecule has 108 valence electrons. The molecule has 1 aliphatic carbocycles. The first-order valence-electron chi connectivity index (χ1n) is 7.98. The Kier molecular flexibility index (Phi) is 4.70. The number of carbonyl (C=O) groups excluding carboxylic acids is 1. The van der Waals surface area contributed by atoms with Crippen molar-refractivity contribution in [2.75, 3.05) is 13.1 Å². The predicted molar refractivity (Wildman–Crippen MR) is 79.9 cm³/mol. The highest BCUT2D eigenvalue weighted by atomic mass is 16.2. The number of piperidine rings is 1. The normalized spacial score (nSPS) is 31.6. The van der Waals surface area contributed by atoms with Gasteiger partial charge in [-0.15, -0.1) is 0 Å². The number of nitrogens with zero attached hydrogens (tertiary/aromatic N) is 1. The molecule has 2 fully saturated rings. The lowest BCUT2D eigenvalue weighted by atomic mass is 9.64. The van der Waals surface area contributed by atoms with Crippen LogP contribution in [0.2, 0.25) is 0 Å². The Morgan fingerprint density at radius 3 is 2.47 bits per heavy atom. The molecular weight excluding hydrogens is 234 g/mol. The van der Waals surface area contributed by atoms with E-state index < -0.39 is 0 Å². The molecule has 19 heavy (non-hydrogen) atoms. The first kappa shape index (κ1) is 14.6. The van der Waals surface area contributed by atoms with Crippen LogP contribution in [0.1, 0.15) is 59.3 Å². The predicted octanol–water partition coefficient (Wildman–Crippen LogP) is 4.02. The number of allylic oxidation sites excluding steroid dienone is 1. The van der Waals surface area contributed by atoms with E-state index in [2.05, 4.69) is 26.8 Å². The molecule has 0 bridgehead atoms. The van der Waals surface area contributed by atoms with Gasteiger partial charge in [-0.2, -0.15) is 0 Å². The van der Waals surface area contributed by atoms with Gasteiger partial charge in [0, 0.05) is 13.1 Å². The lowest BCUT2D eigenvalue weighted by Gasteiger charge is -2.41. The number of hydrogen-bond donors (Lipinski definition) is 0. The molecule has 1 saturated carbocycles. The van der Waals surface area contributed by atoms with Gasteiger partial charge < -0.3 is 4.90 Å². The highest BCUT2D eigenvalue weighted by Crippen LogP contribution is 2.44. The Balaban J connectivity index is 1.97. The second-order valence-corrected chi connectivity index (χ2v) is 7.13. The van der Waals surface area contributed by atoms with Crippen molar-refractivity contribution in [3.8, 4) is 0 Å². The summed E-state index contributed by atoms with van der Waals surface area (Å²) < 4.78 is 0. The number of carbonyl (C=O) groups is 1. The maximum Gasteiger partial charge on any atom is 0.246 e. The lowest BCUT2D eigenvalue weighted by Crippen LogP contribution is -2.35. The van der Waals surface area contributed by atoms with Crippen molar-refractivity contribution in [2.45, 2.75) is 59.3 Å². The Morgan fingerprint density at radius 2 is 1.84 bits per heavy atom. The molecule has 1 amide bonds. The van der Waals surface area contributed by atoms with Crippen LogP contribution in [0.5, 0.6) is 0 Å². The first-order chi connectivity index (χ1) is 9.00. The zero-order valence-electron chi connectivity index (χ0n) is 12.8. The van der Waals surface area contributed by atoms with Gasteiger partial charge in [-0.05, 0) is 49.0 Å². The van der Waals surface area contributed by atoms with Gasteiger partial charge in [0.05, 0.1) is 0 Å². The standard InChI is InChI=1S/C17H29NO/c1-14-8-7-11-17(2,3)15(14)9-10-16(19)18-12-5-4-6-13-18/h9-10,14-15H,4-8,11-13H2,1-3H3/b10-9+/t14-,15+/m1/s1. The molecule has 2 heteroatoms. The van der Waals surface area contributed by atoms with Gasteiger partial charge in [0.25, 0.3) is 0 Å². The summed E-state index contributed by atoms with van der Waals surface area (Å²) in [6, 6.07) is 0. The van der Waals surface area contributed by atoms with Crippen LogP contribution in [-0.4, -0.2) is 23.9 Å². The topological polar surface area (TPSA) is 20.3 Å². The van der Waals surface area contributed by atoms with E-state index in [1.807, 2.05) is 11.0 Å². The first-order valence-corrected chi connectivity index (χ1v) is 7.98. The number of likely N-dealkylation sites (tertiary alicyclic amines) is 1. The van der Waals surface area contributed by atoms with Crippen LogP contribution in [0.25, 0.3) is 0 Å². The molecule has 1 heterocycles. The fourth-order valence-corrected chi connectivity index (χ4v) is 3.85. The van der Waals surface area contributed by atoms with E-state index in [9.17, 15) is 4.79 Å². The number of amides is 1. The number of rotatable bonds is 2. The van der Waals surface area contributed by atoms with Crippen molar-refractivity contribution < 1.29 is 4.79 Å². The Hall–Kier alpha value is -0.790. The van der Waals surface area contributed by atoms with Crippen LogP contribution < -0.4 is 0 Å². The van der Waals surface area contributed by atoms with Crippen molar-refractivity contribution in [3.63, 3.8) is 0 Å². The fourth-order valence-electron chi connectivity index (χ4n) is 3.85. The molecule has 2 aliphatic rings. The van der Waals surface area contributed by atoms with Gasteiger partial charge in [-0.25, -0.2) is 0 Å². The summed E-state index contributed by atoms with van der Waals surface area (Å²) in [5.41, 5.74) is 0.344. The second kappa shape index (κ2) is 6.11. The van der Waals surface area contributed by atoms with Crippen LogP contribution in [0, 0.1) is 17.3 Å². The average molecular weight is 263 g/mol. The van der Waals surface area contributed by atoms with E-state index in [4.69, 9.17) is 0 Å². The van der Waals surface area contributed by atoms with E-state index in [1.165, 1.54) is 38.5 Å². The Morgan fingerprint density at radius 1 is 1.16 bits per heavy atom. The highest BCUT2D eigenvalue weighted by molar-refractivity contribution is 5.87. The summed E-state index contributed by atoms with van der Waals surface area (Å²) >= 11 is 0. The van der Waals surface area contributed by atoms with Gasteiger partial charge in [0.2, 0.25) is 5.91 Å². The van der Waals surface area contributed by atoms with E-state index >= 15 is 0 Å². The SMILES string of the molecule is C[C@@H]1CCCC(C)(C)[C@H]1/C=C/C(=O)N1CCCCC1. The summed E-state index contributed by atoms with van der Waals surface area (Å²) in [6.07, 6.45) is 11.6. The molecule has 0 unspecified atom stereocenters. The molecule has 2 atom stereocenters. The van der Waals surface area contributed by atoms with E-state index in [0.717, 1.165) is 13.1 Å². The third-order valence-corrected chi connectivity index (χ3v) is 5.11. The van der Waals surface area contributed by atoms with Gasteiger partial charge in [-0.3, -0.25) is 4.79 Å². The molecule has 0 N–H and O–H groups in total. The van der Waals surface area contributed by atoms with Crippen molar-refractivity contribution in [3.05, 3.63) is 12.2 Å². The Labute approximate surface area is 118 Å². The molecule has 2 rings (SSSR count). The summed E-state index contributed by atoms with van der Waals surface area (Å²) in [4.78, 5) is 14.2. The maximum absolute atomic E-state index is 12.2. The fraction of sp³-hybridized carbons (Fsp3) is 0.824. The molecule has 2 nitrogen and oxygen atoms in total. The molecule has 0 aromatic carbocycles. The van der Waals surface area contributed by atoms with Crippen LogP contribution in [-0.2, 0) is 4.79 Å². The van der Waals surface area contributed by atoms with Crippen LogP contribution in [0.15, 0.2) is 12.2 Å². The van der Waals surface area contributed by atoms with E-state index in [1.54, 1.807) is 0 Å². The van der Waals surface area contributed by atoms with Crippen molar-refractivity contribution >= 4 is 5.91 Å². The van der Waals surface area contributed by atoms with Crippen LogP contribution in [0.4, 0.5) is 0 Å². The molecule has 1 aliphatic heterocycles. The molecular formula is C17H29NO. The maximum atomic E-state index is 12.2. The van der Waals surface area contributed by atoms with Crippen molar-refractivity contribution in [1.29, 1.82) is 0 Å². The third kappa shape index (κ3) is 3.61. The van der Waals surface area contributed by atoms with Gasteiger partial charge in [0.15, 0.2) is 0 Å². The smallest absolute Gasteiger partial charge is 0.246 e. The lowest BCUT2D eigenvalue weighted by molar-refractivity contribution is -0.126. The minimum absolute atomic E-state index is 0.230. The zero-order valence-corrected chi connectivity index (χ0v) is 12.8. The molecule has 1 saturated heterocycles. The molecule has 0 radical (unpaired) electrons. The zero-order chi connectivity index (χ0) is 13.9. The van der Waals surface area contributed by atoms with Gasteiger partial charge in [0.1, 0.15) is 0 Å². The average Bonchev–Trinajstić information content (AvgIpc) is 2.38. The molecule has 0 aromatic heterocycles. The van der Waals surface area contributed by atoms with Gasteiger partial charge in [-0.1, -0.05) is 39.7 Å². The minimum Gasteiger partial charge on any atom is -0.339 e. The largest absolute Gasteiger partial charge is 0.339 e. The second-order valence-electron chi connectivity index (χ2n) is 7.13.